The summed E-state index contributed by atoms with van der Waals surface area (Å²) < 4.78 is 12.5. The highest BCUT2D eigenvalue weighted by molar-refractivity contribution is 6.79. The Hall–Kier alpha value is -1.18. The predicted octanol–water partition coefficient (Wildman–Crippen LogP) is 4.83. The van der Waals surface area contributed by atoms with Gasteiger partial charge in [0.15, 0.2) is 0 Å². The lowest BCUT2D eigenvalue weighted by Gasteiger charge is -2.50. The zero-order chi connectivity index (χ0) is 24.9. The summed E-state index contributed by atoms with van der Waals surface area (Å²) in [6, 6.07) is -0.253. The van der Waals surface area contributed by atoms with Crippen LogP contribution in [0.3, 0.4) is 0 Å². The van der Waals surface area contributed by atoms with E-state index in [9.17, 15) is 9.59 Å². The van der Waals surface area contributed by atoms with Crippen LogP contribution in [0.25, 0.3) is 0 Å². The average molecular weight is 469 g/mol. The second-order valence-electron chi connectivity index (χ2n) is 11.3. The lowest BCUT2D eigenvalue weighted by atomic mass is 10.1. The fraction of sp³-hybridized carbons (Fsp3) is 0.840. The summed E-state index contributed by atoms with van der Waals surface area (Å²) in [5.41, 5.74) is 0.137. The van der Waals surface area contributed by atoms with E-state index in [0.29, 0.717) is 30.2 Å². The molecule has 1 fully saturated rings. The molecule has 7 heteroatoms. The quantitative estimate of drug-likeness (QED) is 0.282. The summed E-state index contributed by atoms with van der Waals surface area (Å²) in [6.07, 6.45) is 5.01. The highest BCUT2D eigenvalue weighted by Crippen LogP contribution is 2.41. The van der Waals surface area contributed by atoms with E-state index in [0.717, 1.165) is 13.0 Å². The molecule has 1 saturated heterocycles. The van der Waals surface area contributed by atoms with E-state index in [4.69, 9.17) is 9.16 Å². The Balaban J connectivity index is 3.05. The van der Waals surface area contributed by atoms with Crippen molar-refractivity contribution in [1.82, 2.24) is 10.2 Å². The molecule has 2 atom stereocenters. The van der Waals surface area contributed by atoms with Crippen LogP contribution in [0.1, 0.15) is 82.6 Å². The molecule has 0 aromatic carbocycles. The molecule has 32 heavy (non-hydrogen) atoms. The van der Waals surface area contributed by atoms with E-state index in [1.807, 2.05) is 27.7 Å². The molecule has 0 saturated carbocycles. The van der Waals surface area contributed by atoms with Crippen molar-refractivity contribution in [2.24, 2.45) is 5.92 Å². The molecular weight excluding hydrogens is 420 g/mol. The maximum absolute atomic E-state index is 12.9. The fourth-order valence-electron chi connectivity index (χ4n) is 5.71. The van der Waals surface area contributed by atoms with Gasteiger partial charge >= 0.3 is 5.97 Å². The van der Waals surface area contributed by atoms with Gasteiger partial charge in [-0.1, -0.05) is 39.8 Å². The number of hydrogen-bond donors (Lipinski definition) is 1. The van der Waals surface area contributed by atoms with Gasteiger partial charge in [-0.2, -0.15) is 0 Å². The standard InChI is InChI=1S/C25H48N2O4Si/c1-12-13-21-16-22(23(29)31-24(7,8)9)27(17-21)14-15-30-32(18(2)3,19(4)5)25(10,11)26-20(6)28/h12-13,18-19,21-22H,14-17H2,1-11H3,(H,26,28)/b13-12-. The second-order valence-corrected chi connectivity index (χ2v) is 16.8. The maximum Gasteiger partial charge on any atom is 0.323 e. The molecule has 0 aromatic rings. The third kappa shape index (κ3) is 7.16. The van der Waals surface area contributed by atoms with Gasteiger partial charge in [-0.3, -0.25) is 14.5 Å². The minimum absolute atomic E-state index is 0.0319. The molecular formula is C25H48N2O4Si. The van der Waals surface area contributed by atoms with Crippen LogP contribution in [0.4, 0.5) is 0 Å². The monoisotopic (exact) mass is 468 g/mol. The summed E-state index contributed by atoms with van der Waals surface area (Å²) in [5, 5.41) is 2.77. The molecule has 0 radical (unpaired) electrons. The number of nitrogens with zero attached hydrogens (tertiary/aromatic N) is 1. The van der Waals surface area contributed by atoms with Gasteiger partial charge in [-0.05, 0) is 65.0 Å². The lowest BCUT2D eigenvalue weighted by Crippen LogP contribution is -2.69. The van der Waals surface area contributed by atoms with Crippen molar-refractivity contribution in [2.45, 2.75) is 110 Å². The van der Waals surface area contributed by atoms with Crippen molar-refractivity contribution >= 4 is 20.2 Å². The Morgan fingerprint density at radius 3 is 2.12 bits per heavy atom. The smallest absolute Gasteiger partial charge is 0.323 e. The number of rotatable bonds is 10. The number of nitrogens with one attached hydrogen (secondary N) is 1. The van der Waals surface area contributed by atoms with E-state index >= 15 is 0 Å². The number of carbonyl (C=O) groups excluding carboxylic acids is 2. The van der Waals surface area contributed by atoms with E-state index in [2.05, 4.69) is 63.9 Å². The molecule has 1 amide bonds. The summed E-state index contributed by atoms with van der Waals surface area (Å²) in [7, 11) is -2.42. The molecule has 0 aliphatic carbocycles. The van der Waals surface area contributed by atoms with E-state index in [1.54, 1.807) is 6.92 Å². The van der Waals surface area contributed by atoms with Crippen molar-refractivity contribution in [3.63, 3.8) is 0 Å². The van der Waals surface area contributed by atoms with Crippen LogP contribution in [0.5, 0.6) is 0 Å². The lowest BCUT2D eigenvalue weighted by molar-refractivity contribution is -0.160. The van der Waals surface area contributed by atoms with Crippen LogP contribution in [0.15, 0.2) is 12.2 Å². The molecule has 186 valence electrons. The van der Waals surface area contributed by atoms with Crippen LogP contribution in [0.2, 0.25) is 11.1 Å². The molecule has 1 heterocycles. The van der Waals surface area contributed by atoms with Crippen LogP contribution in [-0.2, 0) is 18.8 Å². The number of allylic oxidation sites excluding steroid dienone is 1. The number of esters is 1. The molecule has 2 unspecified atom stereocenters. The number of likely N-dealkylation sites (tertiary alicyclic amines) is 1. The van der Waals surface area contributed by atoms with Crippen molar-refractivity contribution < 1.29 is 18.8 Å². The first-order valence-corrected chi connectivity index (χ1v) is 14.2. The van der Waals surface area contributed by atoms with Gasteiger partial charge in [-0.25, -0.2) is 0 Å². The molecule has 1 rings (SSSR count). The number of hydrogen-bond acceptors (Lipinski definition) is 5. The number of amides is 1. The molecule has 0 spiro atoms. The van der Waals surface area contributed by atoms with E-state index in [-0.39, 0.29) is 17.9 Å². The minimum Gasteiger partial charge on any atom is -0.459 e. The zero-order valence-corrected chi connectivity index (χ0v) is 23.4. The van der Waals surface area contributed by atoms with Gasteiger partial charge in [-0.15, -0.1) is 0 Å². The van der Waals surface area contributed by atoms with E-state index in [1.165, 1.54) is 0 Å². The Labute approximate surface area is 197 Å². The van der Waals surface area contributed by atoms with Gasteiger partial charge in [0.1, 0.15) is 11.6 Å². The maximum atomic E-state index is 12.9. The topological polar surface area (TPSA) is 67.9 Å². The highest BCUT2D eigenvalue weighted by atomic mass is 28.4. The van der Waals surface area contributed by atoms with Crippen LogP contribution < -0.4 is 5.32 Å². The highest BCUT2D eigenvalue weighted by Gasteiger charge is 2.55. The second kappa shape index (κ2) is 11.3. The SMILES string of the molecule is C/C=C\C1CC(C(=O)OC(C)(C)C)N(CCO[Si](C(C)C)(C(C)C)C(C)(C)NC(C)=O)C1. The van der Waals surface area contributed by atoms with Crippen molar-refractivity contribution in [2.75, 3.05) is 19.7 Å². The van der Waals surface area contributed by atoms with Crippen molar-refractivity contribution in [3.05, 3.63) is 12.2 Å². The van der Waals surface area contributed by atoms with Crippen molar-refractivity contribution in [1.29, 1.82) is 0 Å². The van der Waals surface area contributed by atoms with Gasteiger partial charge in [0.25, 0.3) is 0 Å². The third-order valence-electron chi connectivity index (χ3n) is 6.48. The Morgan fingerprint density at radius 1 is 1.12 bits per heavy atom. The van der Waals surface area contributed by atoms with Gasteiger partial charge in [0.2, 0.25) is 14.2 Å². The number of ether oxygens (including phenoxy) is 1. The molecule has 1 aliphatic heterocycles. The van der Waals surface area contributed by atoms with Crippen molar-refractivity contribution in [3.8, 4) is 0 Å². The Morgan fingerprint density at radius 2 is 1.69 bits per heavy atom. The summed E-state index contributed by atoms with van der Waals surface area (Å²) in [5.74, 6) is 0.153. The minimum atomic E-state index is -2.42. The predicted molar refractivity (Wildman–Crippen MR) is 134 cm³/mol. The Bertz CT molecular complexity index is 659. The normalized spacial score (nSPS) is 21.0. The first-order valence-electron chi connectivity index (χ1n) is 12.1. The zero-order valence-electron chi connectivity index (χ0n) is 22.4. The summed E-state index contributed by atoms with van der Waals surface area (Å²) >= 11 is 0. The first-order chi connectivity index (χ1) is 14.6. The third-order valence-corrected chi connectivity index (χ3v) is 12.7. The first kappa shape index (κ1) is 28.8. The largest absolute Gasteiger partial charge is 0.459 e. The van der Waals surface area contributed by atoms with Gasteiger partial charge < -0.3 is 14.5 Å². The number of carbonyl (C=O) groups is 2. The Kier molecular flexibility index (Phi) is 10.2. The van der Waals surface area contributed by atoms with Crippen LogP contribution in [0, 0.1) is 5.92 Å². The van der Waals surface area contributed by atoms with Crippen LogP contribution >= 0.6 is 0 Å². The molecule has 1 N–H and O–H groups in total. The van der Waals surface area contributed by atoms with Gasteiger partial charge in [0.05, 0.1) is 5.16 Å². The fourth-order valence-corrected chi connectivity index (χ4v) is 11.8. The molecule has 0 bridgehead atoms. The molecule has 6 nitrogen and oxygen atoms in total. The molecule has 1 aliphatic rings. The van der Waals surface area contributed by atoms with E-state index < -0.39 is 19.1 Å². The summed E-state index contributed by atoms with van der Waals surface area (Å²) in [6.45, 7) is 24.4. The van der Waals surface area contributed by atoms with Crippen LogP contribution in [-0.4, -0.2) is 61.6 Å². The van der Waals surface area contributed by atoms with Gasteiger partial charge in [0, 0.05) is 26.6 Å². The molecule has 0 aromatic heterocycles. The summed E-state index contributed by atoms with van der Waals surface area (Å²) in [4.78, 5) is 27.1. The average Bonchev–Trinajstić information content (AvgIpc) is 2.98.